The van der Waals surface area contributed by atoms with Crippen LogP contribution in [0.3, 0.4) is 0 Å². The third-order valence-electron chi connectivity index (χ3n) is 5.77. The van der Waals surface area contributed by atoms with Crippen molar-refractivity contribution in [3.63, 3.8) is 0 Å². The van der Waals surface area contributed by atoms with Crippen LogP contribution in [0.2, 0.25) is 0 Å². The van der Waals surface area contributed by atoms with E-state index in [0.717, 1.165) is 11.0 Å². The Balaban J connectivity index is 1.42. The molecule has 0 aliphatic carbocycles. The van der Waals surface area contributed by atoms with Gasteiger partial charge in [0, 0.05) is 17.7 Å². The molecule has 2 heterocycles. The first kappa shape index (κ1) is 22.3. The van der Waals surface area contributed by atoms with E-state index < -0.39 is 0 Å². The van der Waals surface area contributed by atoms with Gasteiger partial charge < -0.3 is 27.9 Å². The molecule has 0 saturated heterocycles. The van der Waals surface area contributed by atoms with Crippen LogP contribution in [-0.4, -0.2) is 37.5 Å². The van der Waals surface area contributed by atoms with Crippen molar-refractivity contribution in [2.75, 3.05) is 27.9 Å². The Labute approximate surface area is 201 Å². The Morgan fingerprint density at radius 2 is 1.74 bits per heavy atom. The van der Waals surface area contributed by atoms with E-state index in [1.807, 2.05) is 54.9 Å². The maximum atomic E-state index is 13.0. The molecule has 5 aromatic rings. The summed E-state index contributed by atoms with van der Waals surface area (Å²) < 4.78 is 30.4. The van der Waals surface area contributed by atoms with Crippen LogP contribution in [0, 0.1) is 0 Å². The van der Waals surface area contributed by atoms with Crippen molar-refractivity contribution in [3.8, 4) is 34.3 Å². The lowest BCUT2D eigenvalue weighted by atomic mass is 10.1. The zero-order chi connectivity index (χ0) is 24.4. The van der Waals surface area contributed by atoms with Crippen LogP contribution < -0.4 is 24.4 Å². The molecule has 178 valence electrons. The van der Waals surface area contributed by atoms with Crippen LogP contribution in [0.4, 0.5) is 0 Å². The monoisotopic (exact) mass is 472 g/mol. The fourth-order valence-corrected chi connectivity index (χ4v) is 4.12. The molecule has 8 heteroatoms. The number of ether oxygens (including phenoxy) is 4. The van der Waals surface area contributed by atoms with Gasteiger partial charge in [0.05, 0.1) is 45.2 Å². The first-order valence-electron chi connectivity index (χ1n) is 11.0. The minimum Gasteiger partial charge on any atom is -0.493 e. The summed E-state index contributed by atoms with van der Waals surface area (Å²) in [5, 5.41) is 0.286. The van der Waals surface area contributed by atoms with E-state index in [1.165, 1.54) is 27.4 Å². The summed E-state index contributed by atoms with van der Waals surface area (Å²) in [4.78, 5) is 17.4. The van der Waals surface area contributed by atoms with Crippen molar-refractivity contribution in [2.24, 2.45) is 0 Å². The van der Waals surface area contributed by atoms with Gasteiger partial charge >= 0.3 is 0 Å². The molecule has 8 nitrogen and oxygen atoms in total. The molecule has 2 aromatic heterocycles. The number of fused-ring (bicyclic) bond motifs is 2. The lowest BCUT2D eigenvalue weighted by molar-refractivity contribution is 0.300. The molecule has 3 aromatic carbocycles. The van der Waals surface area contributed by atoms with Crippen LogP contribution >= 0.6 is 0 Å². The van der Waals surface area contributed by atoms with Gasteiger partial charge in [0.2, 0.25) is 5.75 Å². The Bertz CT molecular complexity index is 1570. The number of hydrogen-bond acceptors (Lipinski definition) is 7. The Morgan fingerprint density at radius 3 is 2.54 bits per heavy atom. The summed E-state index contributed by atoms with van der Waals surface area (Å²) in [5.41, 5.74) is 2.80. The number of benzene rings is 3. The number of nitrogens with zero attached hydrogens (tertiary/aromatic N) is 2. The van der Waals surface area contributed by atoms with Crippen LogP contribution in [0.1, 0.15) is 0 Å². The van der Waals surface area contributed by atoms with E-state index in [-0.39, 0.29) is 16.6 Å². The molecule has 0 spiro atoms. The minimum absolute atomic E-state index is 0.252. The number of imidazole rings is 1. The van der Waals surface area contributed by atoms with Crippen molar-refractivity contribution < 1.29 is 23.4 Å². The van der Waals surface area contributed by atoms with E-state index in [0.29, 0.717) is 47.3 Å². The zero-order valence-electron chi connectivity index (χ0n) is 19.6. The molecule has 0 saturated carbocycles. The second kappa shape index (κ2) is 9.42. The molecule has 35 heavy (non-hydrogen) atoms. The van der Waals surface area contributed by atoms with Gasteiger partial charge in [-0.05, 0) is 24.3 Å². The van der Waals surface area contributed by atoms with Gasteiger partial charge in [0.25, 0.3) is 0 Å². The maximum absolute atomic E-state index is 13.0. The molecule has 0 aliphatic rings. The van der Waals surface area contributed by atoms with Crippen molar-refractivity contribution >= 4 is 22.0 Å². The molecule has 5 rings (SSSR count). The third-order valence-corrected chi connectivity index (χ3v) is 5.77. The van der Waals surface area contributed by atoms with Crippen molar-refractivity contribution in [1.82, 2.24) is 9.55 Å². The molecule has 0 aliphatic heterocycles. The summed E-state index contributed by atoms with van der Waals surface area (Å²) in [6, 6.07) is 18.5. The summed E-state index contributed by atoms with van der Waals surface area (Å²) in [6.45, 7) is 1.11. The number of aromatic nitrogens is 2. The van der Waals surface area contributed by atoms with Gasteiger partial charge in [-0.2, -0.15) is 0 Å². The zero-order valence-corrected chi connectivity index (χ0v) is 19.6. The van der Waals surface area contributed by atoms with E-state index in [4.69, 9.17) is 23.4 Å². The van der Waals surface area contributed by atoms with Gasteiger partial charge in [-0.3, -0.25) is 4.79 Å². The first-order chi connectivity index (χ1) is 17.1. The molecule has 0 bridgehead atoms. The molecule has 0 atom stereocenters. The Kier molecular flexibility index (Phi) is 6.01. The molecule has 0 radical (unpaired) electrons. The van der Waals surface area contributed by atoms with Gasteiger partial charge in [-0.15, -0.1) is 0 Å². The third kappa shape index (κ3) is 4.14. The second-order valence-electron chi connectivity index (χ2n) is 7.80. The molecule has 0 fully saturated rings. The van der Waals surface area contributed by atoms with Crippen LogP contribution in [0.15, 0.2) is 76.2 Å². The summed E-state index contributed by atoms with van der Waals surface area (Å²) >= 11 is 0. The van der Waals surface area contributed by atoms with Crippen molar-refractivity contribution in [3.05, 3.63) is 77.2 Å². The van der Waals surface area contributed by atoms with Crippen LogP contribution in [0.5, 0.6) is 23.0 Å². The molecule has 0 amide bonds. The van der Waals surface area contributed by atoms with Crippen LogP contribution in [-0.2, 0) is 6.54 Å². The first-order valence-corrected chi connectivity index (χ1v) is 11.0. The van der Waals surface area contributed by atoms with E-state index in [2.05, 4.69) is 9.55 Å². The highest BCUT2D eigenvalue weighted by Crippen LogP contribution is 2.42. The minimum atomic E-state index is -0.252. The quantitative estimate of drug-likeness (QED) is 0.317. The highest BCUT2D eigenvalue weighted by molar-refractivity contribution is 5.90. The highest BCUT2D eigenvalue weighted by Gasteiger charge is 2.20. The smallest absolute Gasteiger partial charge is 0.204 e. The largest absolute Gasteiger partial charge is 0.493 e. The standard InChI is InChI=1S/C27H24N2O6/c1-31-24-15-23-25(27(33-3)26(24)32-2)21(30)14-22(35-23)17-7-6-8-18(13-17)34-12-11-29-16-28-19-9-4-5-10-20(19)29/h4-10,13-16H,11-12H2,1-3H3. The van der Waals surface area contributed by atoms with Crippen LogP contribution in [0.25, 0.3) is 33.3 Å². The fraction of sp³-hybridized carbons (Fsp3) is 0.185. The fourth-order valence-electron chi connectivity index (χ4n) is 4.12. The van der Waals surface area contributed by atoms with Gasteiger partial charge in [-0.25, -0.2) is 4.98 Å². The number of rotatable bonds is 8. The number of methoxy groups -OCH3 is 3. The molecule has 0 N–H and O–H groups in total. The Morgan fingerprint density at radius 1 is 0.914 bits per heavy atom. The summed E-state index contributed by atoms with van der Waals surface area (Å²) in [7, 11) is 4.47. The van der Waals surface area contributed by atoms with E-state index in [9.17, 15) is 4.79 Å². The second-order valence-corrected chi connectivity index (χ2v) is 7.80. The van der Waals surface area contributed by atoms with E-state index >= 15 is 0 Å². The SMILES string of the molecule is COc1cc2oc(-c3cccc(OCCn4cnc5ccccc54)c3)cc(=O)c2c(OC)c1OC. The average Bonchev–Trinajstić information content (AvgIpc) is 3.30. The van der Waals surface area contributed by atoms with Gasteiger partial charge in [-0.1, -0.05) is 24.3 Å². The predicted octanol–water partition coefficient (Wildman–Crippen LogP) is 4.91. The molecular formula is C27H24N2O6. The highest BCUT2D eigenvalue weighted by atomic mass is 16.5. The summed E-state index contributed by atoms with van der Waals surface area (Å²) in [6.07, 6.45) is 1.81. The number of para-hydroxylation sites is 2. The number of hydrogen-bond donors (Lipinski definition) is 0. The maximum Gasteiger partial charge on any atom is 0.204 e. The molecule has 0 unspecified atom stereocenters. The molecular weight excluding hydrogens is 448 g/mol. The summed E-state index contributed by atoms with van der Waals surface area (Å²) in [5.74, 6) is 2.08. The van der Waals surface area contributed by atoms with E-state index in [1.54, 1.807) is 6.07 Å². The average molecular weight is 472 g/mol. The normalized spacial score (nSPS) is 11.1. The Hall–Kier alpha value is -4.46. The topological polar surface area (TPSA) is 85.0 Å². The lowest BCUT2D eigenvalue weighted by Crippen LogP contribution is -2.07. The lowest BCUT2D eigenvalue weighted by Gasteiger charge is -2.14. The predicted molar refractivity (Wildman–Crippen MR) is 133 cm³/mol. The van der Waals surface area contributed by atoms with Crippen molar-refractivity contribution in [1.29, 1.82) is 0 Å². The van der Waals surface area contributed by atoms with Gasteiger partial charge in [0.15, 0.2) is 16.9 Å². The van der Waals surface area contributed by atoms with Crippen molar-refractivity contribution in [2.45, 2.75) is 6.54 Å². The van der Waals surface area contributed by atoms with Gasteiger partial charge in [0.1, 0.15) is 29.1 Å².